The number of ether oxygens (including phenoxy) is 1. The fourth-order valence-corrected chi connectivity index (χ4v) is 5.94. The van der Waals surface area contributed by atoms with Crippen LogP contribution in [0.1, 0.15) is 25.8 Å². The zero-order valence-electron chi connectivity index (χ0n) is 22.2. The Labute approximate surface area is 243 Å². The number of anilines is 1. The summed E-state index contributed by atoms with van der Waals surface area (Å²) in [5.74, 6) is -1.16. The van der Waals surface area contributed by atoms with Crippen molar-refractivity contribution >= 4 is 50.7 Å². The number of halogens is 3. The van der Waals surface area contributed by atoms with Crippen LogP contribution in [-0.2, 0) is 26.2 Å². The lowest BCUT2D eigenvalue weighted by molar-refractivity contribution is -0.140. The molecular formula is C28H30Cl2FN3O5S. The molecule has 0 aliphatic heterocycles. The second kappa shape index (κ2) is 13.8. The van der Waals surface area contributed by atoms with Crippen LogP contribution in [0, 0.1) is 5.82 Å². The summed E-state index contributed by atoms with van der Waals surface area (Å²) >= 11 is 12.4. The summed E-state index contributed by atoms with van der Waals surface area (Å²) in [7, 11) is -2.88. The number of carbonyl (C=O) groups excluding carboxylic acids is 2. The van der Waals surface area contributed by atoms with Gasteiger partial charge in [0.1, 0.15) is 24.2 Å². The highest BCUT2D eigenvalue weighted by Crippen LogP contribution is 2.28. The van der Waals surface area contributed by atoms with Crippen molar-refractivity contribution in [1.82, 2.24) is 10.2 Å². The molecule has 0 radical (unpaired) electrons. The second-order valence-corrected chi connectivity index (χ2v) is 11.4. The van der Waals surface area contributed by atoms with Crippen molar-refractivity contribution in [3.05, 3.63) is 88.2 Å². The molecule has 3 rings (SSSR count). The normalized spacial score (nSPS) is 11.9. The van der Waals surface area contributed by atoms with Crippen LogP contribution in [-0.4, -0.2) is 51.4 Å². The Hall–Kier alpha value is -3.34. The highest BCUT2D eigenvalue weighted by molar-refractivity contribution is 7.92. The number of hydrogen-bond acceptors (Lipinski definition) is 5. The van der Waals surface area contributed by atoms with Crippen LogP contribution in [0.15, 0.2) is 71.6 Å². The molecule has 0 heterocycles. The third kappa shape index (κ3) is 7.44. The summed E-state index contributed by atoms with van der Waals surface area (Å²) in [6.45, 7) is 3.25. The van der Waals surface area contributed by atoms with E-state index in [9.17, 15) is 22.4 Å². The van der Waals surface area contributed by atoms with E-state index >= 15 is 0 Å². The van der Waals surface area contributed by atoms with Crippen LogP contribution in [0.25, 0.3) is 0 Å². The molecule has 0 aromatic heterocycles. The number of amides is 2. The van der Waals surface area contributed by atoms with Gasteiger partial charge in [-0.05, 0) is 79.6 Å². The number of rotatable bonds is 12. The van der Waals surface area contributed by atoms with Gasteiger partial charge in [-0.1, -0.05) is 36.2 Å². The van der Waals surface area contributed by atoms with Crippen molar-refractivity contribution in [1.29, 1.82) is 0 Å². The smallest absolute Gasteiger partial charge is 0.264 e. The van der Waals surface area contributed by atoms with Crippen LogP contribution < -0.4 is 14.4 Å². The quantitative estimate of drug-likeness (QED) is 0.301. The first-order valence-electron chi connectivity index (χ1n) is 12.5. The van der Waals surface area contributed by atoms with Crippen LogP contribution in [0.3, 0.4) is 0 Å². The Balaban J connectivity index is 2.07. The molecule has 3 aromatic rings. The van der Waals surface area contributed by atoms with E-state index in [-0.39, 0.29) is 23.5 Å². The van der Waals surface area contributed by atoms with E-state index in [1.165, 1.54) is 30.1 Å². The summed E-state index contributed by atoms with van der Waals surface area (Å²) in [6.07, 6.45) is 0.254. The van der Waals surface area contributed by atoms with Gasteiger partial charge < -0.3 is 15.0 Å². The van der Waals surface area contributed by atoms with E-state index in [0.29, 0.717) is 28.0 Å². The highest BCUT2D eigenvalue weighted by Gasteiger charge is 2.33. The second-order valence-electron chi connectivity index (χ2n) is 8.69. The maximum atomic E-state index is 13.9. The van der Waals surface area contributed by atoms with Crippen LogP contribution in [0.5, 0.6) is 5.75 Å². The van der Waals surface area contributed by atoms with Crippen LogP contribution in [0.4, 0.5) is 10.1 Å². The zero-order valence-corrected chi connectivity index (χ0v) is 24.6. The molecule has 0 aliphatic carbocycles. The highest BCUT2D eigenvalue weighted by atomic mass is 35.5. The van der Waals surface area contributed by atoms with Crippen molar-refractivity contribution in [2.45, 2.75) is 37.8 Å². The Morgan fingerprint density at radius 1 is 1.00 bits per heavy atom. The lowest BCUT2D eigenvalue weighted by Gasteiger charge is -2.33. The van der Waals surface area contributed by atoms with Crippen molar-refractivity contribution in [2.75, 3.05) is 24.5 Å². The van der Waals surface area contributed by atoms with Gasteiger partial charge in [0.2, 0.25) is 11.8 Å². The summed E-state index contributed by atoms with van der Waals surface area (Å²) in [5.41, 5.74) is 0.703. The standard InChI is InChI=1S/C28H30Cl2FN3O5S/c1-4-26(28(36)32-3)33(17-19-6-7-20(29)16-25(19)30)27(35)18-34(22-10-12-23(13-11-22)39-5-2)40(37,38)24-14-8-21(31)9-15-24/h6-16,26H,4-5,17-18H2,1-3H3,(H,32,36)/t26-/m1/s1. The van der Waals surface area contributed by atoms with E-state index in [4.69, 9.17) is 27.9 Å². The van der Waals surface area contributed by atoms with Gasteiger partial charge in [0, 0.05) is 23.6 Å². The van der Waals surface area contributed by atoms with Crippen LogP contribution in [0.2, 0.25) is 10.0 Å². The topological polar surface area (TPSA) is 96.0 Å². The Morgan fingerprint density at radius 2 is 1.65 bits per heavy atom. The molecule has 0 aliphatic rings. The molecule has 0 spiro atoms. The molecule has 0 bridgehead atoms. The van der Waals surface area contributed by atoms with Gasteiger partial charge in [0.05, 0.1) is 17.2 Å². The molecule has 0 fully saturated rings. The zero-order chi connectivity index (χ0) is 29.4. The molecule has 3 aromatic carbocycles. The fraction of sp³-hybridized carbons (Fsp3) is 0.286. The van der Waals surface area contributed by atoms with Gasteiger partial charge in [-0.25, -0.2) is 12.8 Å². The molecule has 1 atom stereocenters. The summed E-state index contributed by atoms with van der Waals surface area (Å²) in [6, 6.07) is 14.3. The van der Waals surface area contributed by atoms with E-state index in [0.717, 1.165) is 28.6 Å². The molecule has 1 N–H and O–H groups in total. The SMILES string of the molecule is CCOc1ccc(N(CC(=O)N(Cc2ccc(Cl)cc2Cl)[C@H](CC)C(=O)NC)S(=O)(=O)c2ccc(F)cc2)cc1. The van der Waals surface area contributed by atoms with Gasteiger partial charge in [0.15, 0.2) is 0 Å². The first-order chi connectivity index (χ1) is 19.0. The Bertz CT molecular complexity index is 1440. The summed E-state index contributed by atoms with van der Waals surface area (Å²) < 4.78 is 47.5. The third-order valence-electron chi connectivity index (χ3n) is 6.10. The van der Waals surface area contributed by atoms with E-state index in [1.54, 1.807) is 31.2 Å². The minimum absolute atomic E-state index is 0.0749. The first kappa shape index (κ1) is 31.2. The largest absolute Gasteiger partial charge is 0.494 e. The van der Waals surface area contributed by atoms with E-state index in [1.807, 2.05) is 6.92 Å². The van der Waals surface area contributed by atoms with Gasteiger partial charge in [0.25, 0.3) is 10.0 Å². The molecule has 8 nitrogen and oxygen atoms in total. The monoisotopic (exact) mass is 609 g/mol. The van der Waals surface area contributed by atoms with Crippen molar-refractivity contribution < 1.29 is 27.1 Å². The van der Waals surface area contributed by atoms with E-state index < -0.39 is 40.2 Å². The summed E-state index contributed by atoms with van der Waals surface area (Å²) in [5, 5.41) is 3.25. The number of likely N-dealkylation sites (N-methyl/N-ethyl adjacent to an activating group) is 1. The molecule has 214 valence electrons. The fourth-order valence-electron chi connectivity index (χ4n) is 4.06. The molecule has 2 amide bonds. The molecular weight excluding hydrogens is 580 g/mol. The molecule has 40 heavy (non-hydrogen) atoms. The van der Waals surface area contributed by atoms with Crippen molar-refractivity contribution in [2.24, 2.45) is 0 Å². The molecule has 0 saturated carbocycles. The van der Waals surface area contributed by atoms with Gasteiger partial charge >= 0.3 is 0 Å². The third-order valence-corrected chi connectivity index (χ3v) is 8.48. The molecule has 12 heteroatoms. The number of sulfonamides is 1. The first-order valence-corrected chi connectivity index (χ1v) is 14.7. The average molecular weight is 611 g/mol. The number of nitrogens with one attached hydrogen (secondary N) is 1. The number of carbonyl (C=O) groups is 2. The number of nitrogens with zero attached hydrogens (tertiary/aromatic N) is 2. The van der Waals surface area contributed by atoms with Crippen molar-refractivity contribution in [3.63, 3.8) is 0 Å². The number of benzene rings is 3. The molecule has 0 unspecified atom stereocenters. The summed E-state index contributed by atoms with van der Waals surface area (Å²) in [4.78, 5) is 27.8. The minimum atomic E-state index is -4.34. The van der Waals surface area contributed by atoms with Gasteiger partial charge in [-0.2, -0.15) is 0 Å². The maximum absolute atomic E-state index is 13.9. The lowest BCUT2D eigenvalue weighted by atomic mass is 10.1. The predicted molar refractivity (Wildman–Crippen MR) is 154 cm³/mol. The van der Waals surface area contributed by atoms with Crippen molar-refractivity contribution in [3.8, 4) is 5.75 Å². The lowest BCUT2D eigenvalue weighted by Crippen LogP contribution is -2.51. The maximum Gasteiger partial charge on any atom is 0.264 e. The minimum Gasteiger partial charge on any atom is -0.494 e. The van der Waals surface area contributed by atoms with Crippen LogP contribution >= 0.6 is 23.2 Å². The predicted octanol–water partition coefficient (Wildman–Crippen LogP) is 5.28. The number of hydrogen-bond donors (Lipinski definition) is 1. The van der Waals surface area contributed by atoms with Gasteiger partial charge in [-0.3, -0.25) is 13.9 Å². The van der Waals surface area contributed by atoms with E-state index in [2.05, 4.69) is 5.32 Å². The Kier molecular flexibility index (Phi) is 10.8. The van der Waals surface area contributed by atoms with Gasteiger partial charge in [-0.15, -0.1) is 0 Å². The Morgan fingerprint density at radius 3 is 2.20 bits per heavy atom. The molecule has 0 saturated heterocycles. The average Bonchev–Trinajstić information content (AvgIpc) is 2.93.